The lowest BCUT2D eigenvalue weighted by atomic mass is 10.1. The van der Waals surface area contributed by atoms with E-state index in [-0.39, 0.29) is 12.2 Å². The molecule has 0 aliphatic carbocycles. The Morgan fingerprint density at radius 2 is 2.00 bits per heavy atom. The third-order valence-corrected chi connectivity index (χ3v) is 2.83. The zero-order valence-electron chi connectivity index (χ0n) is 11.2. The maximum absolute atomic E-state index is 10.8. The topological polar surface area (TPSA) is 82.3 Å². The van der Waals surface area contributed by atoms with Crippen LogP contribution in [0.5, 0.6) is 5.75 Å². The fourth-order valence-electron chi connectivity index (χ4n) is 1.78. The van der Waals surface area contributed by atoms with Gasteiger partial charge < -0.3 is 15.2 Å². The Hall–Kier alpha value is -3.00. The quantitative estimate of drug-likeness (QED) is 0.851. The SMILES string of the molecule is N#CCOc1cccc(NCc2ccc(C(=O)O)cc2)c1. The summed E-state index contributed by atoms with van der Waals surface area (Å²) in [4.78, 5) is 10.8. The summed E-state index contributed by atoms with van der Waals surface area (Å²) >= 11 is 0. The van der Waals surface area contributed by atoms with Gasteiger partial charge in [0.15, 0.2) is 6.61 Å². The average Bonchev–Trinajstić information content (AvgIpc) is 2.52. The molecule has 0 aliphatic rings. The van der Waals surface area contributed by atoms with Gasteiger partial charge in [0.25, 0.3) is 0 Å². The number of anilines is 1. The summed E-state index contributed by atoms with van der Waals surface area (Å²) < 4.78 is 5.22. The fraction of sp³-hybridized carbons (Fsp3) is 0.125. The summed E-state index contributed by atoms with van der Waals surface area (Å²) in [6.07, 6.45) is 0. The molecule has 0 saturated carbocycles. The molecule has 0 aromatic heterocycles. The summed E-state index contributed by atoms with van der Waals surface area (Å²) in [6, 6.07) is 15.9. The molecule has 0 fully saturated rings. The van der Waals surface area contributed by atoms with E-state index in [9.17, 15) is 4.79 Å². The van der Waals surface area contributed by atoms with Crippen molar-refractivity contribution in [3.63, 3.8) is 0 Å². The Bertz CT molecular complexity index is 660. The van der Waals surface area contributed by atoms with Crippen molar-refractivity contribution in [2.45, 2.75) is 6.54 Å². The number of carbonyl (C=O) groups is 1. The van der Waals surface area contributed by atoms with Gasteiger partial charge in [0.1, 0.15) is 11.8 Å². The first-order chi connectivity index (χ1) is 10.2. The first-order valence-electron chi connectivity index (χ1n) is 6.35. The van der Waals surface area contributed by atoms with E-state index in [0.717, 1.165) is 11.3 Å². The molecule has 2 aromatic rings. The zero-order chi connectivity index (χ0) is 15.1. The maximum Gasteiger partial charge on any atom is 0.335 e. The fourth-order valence-corrected chi connectivity index (χ4v) is 1.78. The summed E-state index contributed by atoms with van der Waals surface area (Å²) in [5, 5.41) is 20.5. The standard InChI is InChI=1S/C16H14N2O3/c17-8-9-21-15-3-1-2-14(10-15)18-11-12-4-6-13(7-5-12)16(19)20/h1-7,10,18H,9,11H2,(H,19,20). The molecule has 0 amide bonds. The highest BCUT2D eigenvalue weighted by atomic mass is 16.5. The Balaban J connectivity index is 1.96. The first-order valence-corrected chi connectivity index (χ1v) is 6.35. The first kappa shape index (κ1) is 14.4. The molecule has 0 heterocycles. The molecule has 0 bridgehead atoms. The van der Waals surface area contributed by atoms with Crippen molar-refractivity contribution in [3.05, 3.63) is 59.7 Å². The largest absolute Gasteiger partial charge is 0.479 e. The van der Waals surface area contributed by atoms with Crippen molar-refractivity contribution in [2.24, 2.45) is 0 Å². The van der Waals surface area contributed by atoms with Crippen LogP contribution in [-0.4, -0.2) is 17.7 Å². The van der Waals surface area contributed by atoms with E-state index in [1.807, 2.05) is 24.3 Å². The van der Waals surface area contributed by atoms with Crippen LogP contribution in [0.3, 0.4) is 0 Å². The van der Waals surface area contributed by atoms with Gasteiger partial charge in [-0.3, -0.25) is 0 Å². The average molecular weight is 282 g/mol. The monoisotopic (exact) mass is 282 g/mol. The molecular formula is C16H14N2O3. The Kier molecular flexibility index (Phi) is 4.78. The number of nitriles is 1. The van der Waals surface area contributed by atoms with Gasteiger partial charge in [-0.1, -0.05) is 18.2 Å². The van der Waals surface area contributed by atoms with E-state index in [1.165, 1.54) is 0 Å². The van der Waals surface area contributed by atoms with Crippen LogP contribution in [0, 0.1) is 11.3 Å². The molecule has 2 N–H and O–H groups in total. The van der Waals surface area contributed by atoms with Crippen LogP contribution < -0.4 is 10.1 Å². The van der Waals surface area contributed by atoms with Crippen molar-refractivity contribution in [1.82, 2.24) is 0 Å². The molecule has 0 radical (unpaired) electrons. The van der Waals surface area contributed by atoms with Gasteiger partial charge in [-0.15, -0.1) is 0 Å². The lowest BCUT2D eigenvalue weighted by Gasteiger charge is -2.08. The second kappa shape index (κ2) is 6.96. The van der Waals surface area contributed by atoms with Crippen molar-refractivity contribution < 1.29 is 14.6 Å². The molecule has 0 atom stereocenters. The van der Waals surface area contributed by atoms with Crippen LogP contribution in [0.4, 0.5) is 5.69 Å². The second-order valence-corrected chi connectivity index (χ2v) is 4.33. The molecule has 0 aliphatic heterocycles. The number of benzene rings is 2. The predicted molar refractivity (Wildman–Crippen MR) is 78.3 cm³/mol. The van der Waals surface area contributed by atoms with Crippen LogP contribution in [-0.2, 0) is 6.54 Å². The van der Waals surface area contributed by atoms with Crippen LogP contribution >= 0.6 is 0 Å². The number of nitrogens with one attached hydrogen (secondary N) is 1. The summed E-state index contributed by atoms with van der Waals surface area (Å²) in [6.45, 7) is 0.585. The van der Waals surface area contributed by atoms with Gasteiger partial charge in [-0.2, -0.15) is 5.26 Å². The normalized spacial score (nSPS) is 9.67. The molecule has 21 heavy (non-hydrogen) atoms. The van der Waals surface area contributed by atoms with Crippen molar-refractivity contribution in [2.75, 3.05) is 11.9 Å². The maximum atomic E-state index is 10.8. The number of hydrogen-bond donors (Lipinski definition) is 2. The number of nitrogens with zero attached hydrogens (tertiary/aromatic N) is 1. The highest BCUT2D eigenvalue weighted by Gasteiger charge is 2.02. The lowest BCUT2D eigenvalue weighted by molar-refractivity contribution is 0.0697. The van der Waals surface area contributed by atoms with Crippen LogP contribution in [0.15, 0.2) is 48.5 Å². The van der Waals surface area contributed by atoms with Crippen LogP contribution in [0.1, 0.15) is 15.9 Å². The molecular weight excluding hydrogens is 268 g/mol. The molecule has 5 heteroatoms. The number of hydrogen-bond acceptors (Lipinski definition) is 4. The van der Waals surface area contributed by atoms with Gasteiger partial charge in [0.2, 0.25) is 0 Å². The third-order valence-electron chi connectivity index (χ3n) is 2.83. The Morgan fingerprint density at radius 3 is 2.67 bits per heavy atom. The highest BCUT2D eigenvalue weighted by molar-refractivity contribution is 5.87. The van der Waals surface area contributed by atoms with Gasteiger partial charge in [0, 0.05) is 18.3 Å². The van der Waals surface area contributed by atoms with E-state index in [0.29, 0.717) is 12.3 Å². The smallest absolute Gasteiger partial charge is 0.335 e. The van der Waals surface area contributed by atoms with E-state index >= 15 is 0 Å². The van der Waals surface area contributed by atoms with Crippen molar-refractivity contribution in [3.8, 4) is 11.8 Å². The van der Waals surface area contributed by atoms with Crippen molar-refractivity contribution >= 4 is 11.7 Å². The summed E-state index contributed by atoms with van der Waals surface area (Å²) in [5.41, 5.74) is 2.11. The molecule has 0 spiro atoms. The molecule has 0 saturated heterocycles. The Morgan fingerprint density at radius 1 is 1.24 bits per heavy atom. The number of ether oxygens (including phenoxy) is 1. The number of aromatic carboxylic acids is 1. The number of carboxylic acids is 1. The minimum absolute atomic E-state index is 0.0140. The lowest BCUT2D eigenvalue weighted by Crippen LogP contribution is -2.01. The molecule has 2 aromatic carbocycles. The predicted octanol–water partition coefficient (Wildman–Crippen LogP) is 2.90. The molecule has 2 rings (SSSR count). The molecule has 106 valence electrons. The second-order valence-electron chi connectivity index (χ2n) is 4.33. The minimum Gasteiger partial charge on any atom is -0.479 e. The van der Waals surface area contributed by atoms with Gasteiger partial charge in [-0.25, -0.2) is 4.79 Å². The van der Waals surface area contributed by atoms with Crippen LogP contribution in [0.2, 0.25) is 0 Å². The van der Waals surface area contributed by atoms with Gasteiger partial charge >= 0.3 is 5.97 Å². The third kappa shape index (κ3) is 4.25. The van der Waals surface area contributed by atoms with Crippen LogP contribution in [0.25, 0.3) is 0 Å². The summed E-state index contributed by atoms with van der Waals surface area (Å²) in [5.74, 6) is -0.306. The molecule has 5 nitrogen and oxygen atoms in total. The highest BCUT2D eigenvalue weighted by Crippen LogP contribution is 2.18. The van der Waals surface area contributed by atoms with Gasteiger partial charge in [-0.05, 0) is 29.8 Å². The van der Waals surface area contributed by atoms with E-state index in [1.54, 1.807) is 30.3 Å². The zero-order valence-corrected chi connectivity index (χ0v) is 11.2. The summed E-state index contributed by atoms with van der Waals surface area (Å²) in [7, 11) is 0. The van der Waals surface area contributed by atoms with E-state index < -0.39 is 5.97 Å². The number of carboxylic acid groups (broad SMARTS) is 1. The Labute approximate surface area is 122 Å². The van der Waals surface area contributed by atoms with Crippen molar-refractivity contribution in [1.29, 1.82) is 5.26 Å². The van der Waals surface area contributed by atoms with E-state index in [4.69, 9.17) is 15.1 Å². The minimum atomic E-state index is -0.933. The number of rotatable bonds is 6. The van der Waals surface area contributed by atoms with Gasteiger partial charge in [0.05, 0.1) is 5.56 Å². The molecule has 0 unspecified atom stereocenters. The van der Waals surface area contributed by atoms with E-state index in [2.05, 4.69) is 5.32 Å².